The Hall–Kier alpha value is -4.43. The molecule has 0 amide bonds. The highest BCUT2D eigenvalue weighted by atomic mass is 16.5. The Morgan fingerprint density at radius 3 is 1.36 bits per heavy atom. The van der Waals surface area contributed by atoms with Gasteiger partial charge in [0.25, 0.3) is 0 Å². The molecule has 0 N–H and O–H groups in total. The zero-order chi connectivity index (χ0) is 28.7. The second kappa shape index (κ2) is 10.4. The lowest BCUT2D eigenvalue weighted by atomic mass is 9.50. The summed E-state index contributed by atoms with van der Waals surface area (Å²) in [5.74, 6) is -0.148. The Kier molecular flexibility index (Phi) is 6.58. The SMILES string of the molecule is CCCC1(C(c2ccccc2)C2(CCC(=O)OC)c3ccccc3-c3ccccc32)c2ccccc2-c2ccccc21. The van der Waals surface area contributed by atoms with Crippen molar-refractivity contribution in [3.8, 4) is 22.3 Å². The number of methoxy groups -OCH3 is 1. The molecule has 0 bridgehead atoms. The van der Waals surface area contributed by atoms with E-state index in [4.69, 9.17) is 4.74 Å². The van der Waals surface area contributed by atoms with Crippen LogP contribution < -0.4 is 0 Å². The largest absolute Gasteiger partial charge is 0.469 e. The van der Waals surface area contributed by atoms with Crippen LogP contribution in [-0.2, 0) is 20.4 Å². The molecule has 2 nitrogen and oxygen atoms in total. The van der Waals surface area contributed by atoms with E-state index < -0.39 is 5.41 Å². The molecule has 5 aromatic rings. The number of carbonyl (C=O) groups is 1. The van der Waals surface area contributed by atoms with Crippen molar-refractivity contribution in [3.05, 3.63) is 155 Å². The van der Waals surface area contributed by atoms with Gasteiger partial charge in [0.15, 0.2) is 0 Å². The number of hydrogen-bond acceptors (Lipinski definition) is 2. The third-order valence-electron chi connectivity index (χ3n) is 9.93. The normalized spacial score (nSPS) is 15.7. The van der Waals surface area contributed by atoms with Crippen molar-refractivity contribution in [1.29, 1.82) is 0 Å². The van der Waals surface area contributed by atoms with Crippen LogP contribution in [0.3, 0.4) is 0 Å². The minimum Gasteiger partial charge on any atom is -0.469 e. The molecule has 0 fully saturated rings. The molecule has 0 radical (unpaired) electrons. The smallest absolute Gasteiger partial charge is 0.305 e. The molecule has 0 saturated carbocycles. The van der Waals surface area contributed by atoms with Crippen molar-refractivity contribution in [3.63, 3.8) is 0 Å². The lowest BCUT2D eigenvalue weighted by molar-refractivity contribution is -0.141. The highest BCUT2D eigenvalue weighted by molar-refractivity contribution is 5.86. The van der Waals surface area contributed by atoms with Gasteiger partial charge in [0.05, 0.1) is 7.11 Å². The quantitative estimate of drug-likeness (QED) is 0.181. The Labute approximate surface area is 249 Å². The zero-order valence-corrected chi connectivity index (χ0v) is 24.3. The Morgan fingerprint density at radius 1 is 0.571 bits per heavy atom. The molecule has 0 saturated heterocycles. The van der Waals surface area contributed by atoms with E-state index >= 15 is 0 Å². The molecule has 0 aliphatic heterocycles. The van der Waals surface area contributed by atoms with Gasteiger partial charge < -0.3 is 4.74 Å². The second-order valence-electron chi connectivity index (χ2n) is 11.8. The van der Waals surface area contributed by atoms with E-state index in [0.29, 0.717) is 12.8 Å². The van der Waals surface area contributed by atoms with Crippen LogP contribution in [-0.4, -0.2) is 13.1 Å². The van der Waals surface area contributed by atoms with Gasteiger partial charge in [-0.1, -0.05) is 141 Å². The third-order valence-corrected chi connectivity index (χ3v) is 9.93. The van der Waals surface area contributed by atoms with Crippen molar-refractivity contribution in [2.45, 2.75) is 49.4 Å². The van der Waals surface area contributed by atoms with Crippen LogP contribution >= 0.6 is 0 Å². The summed E-state index contributed by atoms with van der Waals surface area (Å²) in [6.07, 6.45) is 3.02. The van der Waals surface area contributed by atoms with Gasteiger partial charge in [-0.05, 0) is 62.9 Å². The van der Waals surface area contributed by atoms with Crippen LogP contribution in [0.25, 0.3) is 22.3 Å². The number of hydrogen-bond donors (Lipinski definition) is 0. The van der Waals surface area contributed by atoms with Crippen molar-refractivity contribution >= 4 is 5.97 Å². The predicted octanol–water partition coefficient (Wildman–Crippen LogP) is 9.46. The number of ether oxygens (including phenoxy) is 1. The average molecular weight is 549 g/mol. The first-order chi connectivity index (χ1) is 20.7. The van der Waals surface area contributed by atoms with Gasteiger partial charge in [0, 0.05) is 23.2 Å². The first-order valence-electron chi connectivity index (χ1n) is 15.2. The Balaban J connectivity index is 1.65. The highest BCUT2D eigenvalue weighted by Gasteiger charge is 2.59. The van der Waals surface area contributed by atoms with Crippen LogP contribution in [0.1, 0.15) is 66.3 Å². The maximum atomic E-state index is 13.0. The van der Waals surface area contributed by atoms with Crippen LogP contribution in [0.15, 0.2) is 127 Å². The molecule has 1 unspecified atom stereocenters. The standard InChI is InChI=1S/C40H36O2/c1-3-26-39(33-21-11-7-17-29(33)30-18-8-12-22-34(30)39)38(28-15-5-4-6-16-28)40(27-25-37(41)42-2)35-23-13-9-19-31(35)32-20-10-14-24-36(32)40/h4-24,38H,3,25-27H2,1-2H3. The lowest BCUT2D eigenvalue weighted by Crippen LogP contribution is -2.47. The summed E-state index contributed by atoms with van der Waals surface area (Å²) in [4.78, 5) is 13.0. The van der Waals surface area contributed by atoms with Gasteiger partial charge in [0.2, 0.25) is 0 Å². The van der Waals surface area contributed by atoms with Crippen molar-refractivity contribution < 1.29 is 9.53 Å². The van der Waals surface area contributed by atoms with Gasteiger partial charge in [-0.3, -0.25) is 4.79 Å². The lowest BCUT2D eigenvalue weighted by Gasteiger charge is -2.51. The van der Waals surface area contributed by atoms with E-state index in [1.165, 1.54) is 57.2 Å². The summed E-state index contributed by atoms with van der Waals surface area (Å²) in [6, 6.07) is 46.9. The third kappa shape index (κ3) is 3.67. The van der Waals surface area contributed by atoms with Gasteiger partial charge in [0.1, 0.15) is 0 Å². The summed E-state index contributed by atoms with van der Waals surface area (Å²) in [7, 11) is 1.50. The predicted molar refractivity (Wildman–Crippen MR) is 171 cm³/mol. The molecule has 1 atom stereocenters. The molecular weight excluding hydrogens is 512 g/mol. The molecule has 7 rings (SSSR count). The fourth-order valence-corrected chi connectivity index (χ4v) is 8.60. The Morgan fingerprint density at radius 2 is 0.952 bits per heavy atom. The first-order valence-corrected chi connectivity index (χ1v) is 15.2. The van der Waals surface area contributed by atoms with E-state index in [1.54, 1.807) is 0 Å². The average Bonchev–Trinajstić information content (AvgIpc) is 3.49. The van der Waals surface area contributed by atoms with Crippen LogP contribution in [0.4, 0.5) is 0 Å². The van der Waals surface area contributed by atoms with Gasteiger partial charge >= 0.3 is 5.97 Å². The number of benzene rings is 5. The summed E-state index contributed by atoms with van der Waals surface area (Å²) >= 11 is 0. The van der Waals surface area contributed by atoms with Crippen LogP contribution in [0, 0.1) is 0 Å². The van der Waals surface area contributed by atoms with Crippen molar-refractivity contribution in [2.24, 2.45) is 0 Å². The van der Waals surface area contributed by atoms with E-state index in [0.717, 1.165) is 12.8 Å². The van der Waals surface area contributed by atoms with E-state index in [1.807, 2.05) is 0 Å². The minimum absolute atomic E-state index is 0.0189. The summed E-state index contributed by atoms with van der Waals surface area (Å²) in [5.41, 5.74) is 11.1. The maximum Gasteiger partial charge on any atom is 0.305 e. The van der Waals surface area contributed by atoms with E-state index in [9.17, 15) is 4.79 Å². The molecule has 2 heteroatoms. The molecular formula is C40H36O2. The topological polar surface area (TPSA) is 26.3 Å². The van der Waals surface area contributed by atoms with Crippen LogP contribution in [0.2, 0.25) is 0 Å². The fraction of sp³-hybridized carbons (Fsp3) is 0.225. The molecule has 2 aliphatic carbocycles. The van der Waals surface area contributed by atoms with Gasteiger partial charge in [-0.15, -0.1) is 0 Å². The maximum absolute atomic E-state index is 13.0. The molecule has 208 valence electrons. The number of carbonyl (C=O) groups excluding carboxylic acids is 1. The number of fused-ring (bicyclic) bond motifs is 6. The molecule has 0 aromatic heterocycles. The minimum atomic E-state index is -0.470. The molecule has 2 aliphatic rings. The van der Waals surface area contributed by atoms with Crippen molar-refractivity contribution in [1.82, 2.24) is 0 Å². The Bertz CT molecular complexity index is 1670. The molecule has 0 spiro atoms. The summed E-state index contributed by atoms with van der Waals surface area (Å²) < 4.78 is 5.29. The van der Waals surface area contributed by atoms with Gasteiger partial charge in [-0.25, -0.2) is 0 Å². The molecule has 0 heterocycles. The fourth-order valence-electron chi connectivity index (χ4n) is 8.60. The summed E-state index contributed by atoms with van der Waals surface area (Å²) in [5, 5.41) is 0. The molecule has 42 heavy (non-hydrogen) atoms. The summed E-state index contributed by atoms with van der Waals surface area (Å²) in [6.45, 7) is 2.31. The zero-order valence-electron chi connectivity index (χ0n) is 24.3. The van der Waals surface area contributed by atoms with Crippen LogP contribution in [0.5, 0.6) is 0 Å². The molecule has 5 aromatic carbocycles. The number of rotatable bonds is 8. The first kappa shape index (κ1) is 26.5. The second-order valence-corrected chi connectivity index (χ2v) is 11.8. The monoisotopic (exact) mass is 548 g/mol. The van der Waals surface area contributed by atoms with E-state index in [-0.39, 0.29) is 17.3 Å². The van der Waals surface area contributed by atoms with E-state index in [2.05, 4.69) is 134 Å². The van der Waals surface area contributed by atoms with Crippen molar-refractivity contribution in [2.75, 3.05) is 7.11 Å². The highest BCUT2D eigenvalue weighted by Crippen LogP contribution is 2.68. The van der Waals surface area contributed by atoms with Gasteiger partial charge in [-0.2, -0.15) is 0 Å². The number of esters is 1.